The summed E-state index contributed by atoms with van der Waals surface area (Å²) in [5, 5.41) is 2.00. The lowest BCUT2D eigenvalue weighted by Gasteiger charge is -2.35. The van der Waals surface area contributed by atoms with E-state index < -0.39 is 5.60 Å². The molecule has 3 heterocycles. The molecule has 0 unspecified atom stereocenters. The van der Waals surface area contributed by atoms with Crippen LogP contribution >= 0.6 is 11.3 Å². The van der Waals surface area contributed by atoms with Gasteiger partial charge in [-0.2, -0.15) is 0 Å². The van der Waals surface area contributed by atoms with E-state index in [0.29, 0.717) is 13.1 Å². The van der Waals surface area contributed by atoms with Gasteiger partial charge in [-0.25, -0.2) is 9.80 Å². The Morgan fingerprint density at radius 1 is 1.07 bits per heavy atom. The SMILES string of the molecule is CC(C)(C)OC(=O)N1CCN(Cc2ccc(C(=O)NN3CCCC3)s2)CC1. The lowest BCUT2D eigenvalue weighted by atomic mass is 10.2. The highest BCUT2D eigenvalue weighted by Crippen LogP contribution is 2.20. The second-order valence-electron chi connectivity index (χ2n) is 8.14. The molecule has 0 spiro atoms. The average Bonchev–Trinajstić information content (AvgIpc) is 3.26. The maximum atomic E-state index is 12.3. The summed E-state index contributed by atoms with van der Waals surface area (Å²) in [5.74, 6) is -0.0112. The molecule has 0 radical (unpaired) electrons. The molecule has 150 valence electrons. The largest absolute Gasteiger partial charge is 0.444 e. The Morgan fingerprint density at radius 3 is 2.37 bits per heavy atom. The van der Waals surface area contributed by atoms with E-state index in [1.165, 1.54) is 4.88 Å². The molecule has 2 saturated heterocycles. The highest BCUT2D eigenvalue weighted by molar-refractivity contribution is 7.14. The molecule has 1 aromatic heterocycles. The monoisotopic (exact) mass is 394 g/mol. The molecular formula is C19H30N4O3S. The van der Waals surface area contributed by atoms with Crippen molar-refractivity contribution in [3.05, 3.63) is 21.9 Å². The number of carbonyl (C=O) groups excluding carboxylic acids is 2. The predicted octanol–water partition coefficient (Wildman–Crippen LogP) is 2.54. The number of amides is 2. The van der Waals surface area contributed by atoms with E-state index in [1.54, 1.807) is 16.2 Å². The van der Waals surface area contributed by atoms with Gasteiger partial charge in [0.05, 0.1) is 4.88 Å². The van der Waals surface area contributed by atoms with Crippen LogP contribution in [0.2, 0.25) is 0 Å². The van der Waals surface area contributed by atoms with Crippen molar-refractivity contribution in [1.82, 2.24) is 20.2 Å². The number of nitrogens with zero attached hydrogens (tertiary/aromatic N) is 3. The van der Waals surface area contributed by atoms with Gasteiger partial charge in [-0.05, 0) is 45.7 Å². The second-order valence-corrected chi connectivity index (χ2v) is 9.31. The third kappa shape index (κ3) is 5.92. The third-order valence-electron chi connectivity index (χ3n) is 4.65. The molecule has 2 aliphatic heterocycles. The lowest BCUT2D eigenvalue weighted by molar-refractivity contribution is 0.0139. The topological polar surface area (TPSA) is 65.1 Å². The Balaban J connectivity index is 1.45. The summed E-state index contributed by atoms with van der Waals surface area (Å²) in [6.07, 6.45) is 2.05. The number of nitrogens with one attached hydrogen (secondary N) is 1. The third-order valence-corrected chi connectivity index (χ3v) is 5.72. The van der Waals surface area contributed by atoms with Crippen molar-refractivity contribution in [2.45, 2.75) is 45.8 Å². The maximum Gasteiger partial charge on any atom is 0.410 e. The van der Waals surface area contributed by atoms with Crippen LogP contribution in [0.5, 0.6) is 0 Å². The Kier molecular flexibility index (Phi) is 6.39. The van der Waals surface area contributed by atoms with E-state index in [1.807, 2.05) is 37.9 Å². The highest BCUT2D eigenvalue weighted by atomic mass is 32.1. The van der Waals surface area contributed by atoms with Crippen molar-refractivity contribution in [3.8, 4) is 0 Å². The highest BCUT2D eigenvalue weighted by Gasteiger charge is 2.26. The van der Waals surface area contributed by atoms with Crippen LogP contribution in [0.3, 0.4) is 0 Å². The van der Waals surface area contributed by atoms with Gasteiger partial charge in [0.1, 0.15) is 5.60 Å². The van der Waals surface area contributed by atoms with Crippen molar-refractivity contribution >= 4 is 23.3 Å². The van der Waals surface area contributed by atoms with Crippen LogP contribution in [-0.2, 0) is 11.3 Å². The number of hydrogen-bond acceptors (Lipinski definition) is 6. The molecule has 2 amide bonds. The zero-order valence-corrected chi connectivity index (χ0v) is 17.3. The maximum absolute atomic E-state index is 12.3. The van der Waals surface area contributed by atoms with Crippen LogP contribution in [0.4, 0.5) is 4.79 Å². The van der Waals surface area contributed by atoms with E-state index >= 15 is 0 Å². The number of carbonyl (C=O) groups is 2. The van der Waals surface area contributed by atoms with E-state index in [4.69, 9.17) is 4.74 Å². The minimum atomic E-state index is -0.461. The van der Waals surface area contributed by atoms with Crippen LogP contribution in [0.1, 0.15) is 48.2 Å². The van der Waals surface area contributed by atoms with Crippen molar-refractivity contribution in [2.75, 3.05) is 39.3 Å². The predicted molar refractivity (Wildman–Crippen MR) is 106 cm³/mol. The molecule has 1 N–H and O–H groups in total. The van der Waals surface area contributed by atoms with Gasteiger partial charge in [0.25, 0.3) is 5.91 Å². The summed E-state index contributed by atoms with van der Waals surface area (Å²) in [6.45, 7) is 11.3. The molecule has 0 bridgehead atoms. The number of hydrazine groups is 1. The van der Waals surface area contributed by atoms with Gasteiger partial charge in [0.2, 0.25) is 0 Å². The van der Waals surface area contributed by atoms with E-state index in [2.05, 4.69) is 10.3 Å². The van der Waals surface area contributed by atoms with Gasteiger partial charge in [-0.1, -0.05) is 0 Å². The summed E-state index contributed by atoms with van der Waals surface area (Å²) in [7, 11) is 0. The molecule has 7 nitrogen and oxygen atoms in total. The van der Waals surface area contributed by atoms with Crippen molar-refractivity contribution in [2.24, 2.45) is 0 Å². The van der Waals surface area contributed by atoms with Gasteiger partial charge in [0.15, 0.2) is 0 Å². The summed E-state index contributed by atoms with van der Waals surface area (Å²) in [5.41, 5.74) is 2.52. The first-order valence-electron chi connectivity index (χ1n) is 9.65. The summed E-state index contributed by atoms with van der Waals surface area (Å²) >= 11 is 1.55. The van der Waals surface area contributed by atoms with Crippen molar-refractivity contribution in [1.29, 1.82) is 0 Å². The molecule has 2 aliphatic rings. The Morgan fingerprint density at radius 2 is 1.74 bits per heavy atom. The van der Waals surface area contributed by atoms with Crippen LogP contribution in [0.25, 0.3) is 0 Å². The zero-order valence-electron chi connectivity index (χ0n) is 16.5. The fraction of sp³-hybridized carbons (Fsp3) is 0.684. The fourth-order valence-electron chi connectivity index (χ4n) is 3.25. The molecule has 2 fully saturated rings. The number of ether oxygens (including phenoxy) is 1. The van der Waals surface area contributed by atoms with Crippen LogP contribution in [0, 0.1) is 0 Å². The zero-order chi connectivity index (χ0) is 19.4. The summed E-state index contributed by atoms with van der Waals surface area (Å²) < 4.78 is 5.44. The van der Waals surface area contributed by atoms with E-state index in [9.17, 15) is 9.59 Å². The van der Waals surface area contributed by atoms with E-state index in [-0.39, 0.29) is 12.0 Å². The number of hydrogen-bond donors (Lipinski definition) is 1. The van der Waals surface area contributed by atoms with Gasteiger partial charge in [-0.15, -0.1) is 11.3 Å². The number of rotatable bonds is 4. The first kappa shape index (κ1) is 20.1. The number of piperazine rings is 1. The lowest BCUT2D eigenvalue weighted by Crippen LogP contribution is -2.49. The second kappa shape index (κ2) is 8.58. The molecule has 0 aromatic carbocycles. The molecule has 8 heteroatoms. The minimum absolute atomic E-state index is 0.0112. The summed E-state index contributed by atoms with van der Waals surface area (Å²) in [4.78, 5) is 30.5. The molecule has 0 aliphatic carbocycles. The minimum Gasteiger partial charge on any atom is -0.444 e. The normalized spacial score (nSPS) is 19.3. The average molecular weight is 395 g/mol. The van der Waals surface area contributed by atoms with Crippen LogP contribution < -0.4 is 5.43 Å². The van der Waals surface area contributed by atoms with Gasteiger partial charge in [0, 0.05) is 50.7 Å². The molecule has 0 atom stereocenters. The van der Waals surface area contributed by atoms with Crippen molar-refractivity contribution < 1.29 is 14.3 Å². The van der Waals surface area contributed by atoms with Gasteiger partial charge < -0.3 is 9.64 Å². The fourth-order valence-corrected chi connectivity index (χ4v) is 4.19. The summed E-state index contributed by atoms with van der Waals surface area (Å²) in [6, 6.07) is 3.94. The van der Waals surface area contributed by atoms with E-state index in [0.717, 1.165) is 50.4 Å². The van der Waals surface area contributed by atoms with Gasteiger partial charge >= 0.3 is 6.09 Å². The molecule has 0 saturated carbocycles. The smallest absolute Gasteiger partial charge is 0.410 e. The van der Waals surface area contributed by atoms with Crippen LogP contribution in [0.15, 0.2) is 12.1 Å². The van der Waals surface area contributed by atoms with Crippen molar-refractivity contribution in [3.63, 3.8) is 0 Å². The Bertz CT molecular complexity index is 656. The number of thiophene rings is 1. The van der Waals surface area contributed by atoms with Crippen LogP contribution in [-0.4, -0.2) is 71.7 Å². The molecule has 27 heavy (non-hydrogen) atoms. The first-order chi connectivity index (χ1) is 12.8. The first-order valence-corrected chi connectivity index (χ1v) is 10.5. The Hall–Kier alpha value is -1.64. The molecule has 3 rings (SSSR count). The molecular weight excluding hydrogens is 364 g/mol. The Labute approximate surface area is 165 Å². The quantitative estimate of drug-likeness (QED) is 0.850. The standard InChI is InChI=1S/C19H30N4O3S/c1-19(2,3)26-18(25)22-12-10-21(11-13-22)14-15-6-7-16(27-15)17(24)20-23-8-4-5-9-23/h6-7H,4-5,8-14H2,1-3H3,(H,20,24). The van der Waals surface area contributed by atoms with Gasteiger partial charge in [-0.3, -0.25) is 15.1 Å². The molecule has 1 aromatic rings.